The van der Waals surface area contributed by atoms with Gasteiger partial charge in [-0.3, -0.25) is 0 Å². The van der Waals surface area contributed by atoms with Crippen LogP contribution in [0.25, 0.3) is 11.0 Å². The quantitative estimate of drug-likeness (QED) is 0.872. The van der Waals surface area contributed by atoms with Crippen LogP contribution in [0.1, 0.15) is 18.7 Å². The maximum atomic E-state index is 5.38. The summed E-state index contributed by atoms with van der Waals surface area (Å²) in [6, 6.07) is 6.68. The number of fused-ring (bicyclic) bond motifs is 1. The van der Waals surface area contributed by atoms with Crippen molar-refractivity contribution in [2.24, 2.45) is 7.05 Å². The lowest BCUT2D eigenvalue weighted by Gasteiger charge is -2.05. The van der Waals surface area contributed by atoms with Gasteiger partial charge < -0.3 is 14.6 Å². The van der Waals surface area contributed by atoms with Crippen LogP contribution in [-0.2, 0) is 13.6 Å². The lowest BCUT2D eigenvalue weighted by molar-refractivity contribution is 0.417. The van der Waals surface area contributed by atoms with Gasteiger partial charge in [0.05, 0.1) is 19.2 Å². The van der Waals surface area contributed by atoms with Crippen molar-refractivity contribution < 1.29 is 4.74 Å². The van der Waals surface area contributed by atoms with E-state index in [1.165, 1.54) is 12.8 Å². The van der Waals surface area contributed by atoms with Gasteiger partial charge in [-0.1, -0.05) is 6.07 Å². The van der Waals surface area contributed by atoms with Gasteiger partial charge in [-0.15, -0.1) is 0 Å². The van der Waals surface area contributed by atoms with Crippen molar-refractivity contribution in [2.75, 3.05) is 7.11 Å². The highest BCUT2D eigenvalue weighted by molar-refractivity contribution is 5.82. The van der Waals surface area contributed by atoms with Crippen molar-refractivity contribution in [3.8, 4) is 5.75 Å². The SMILES string of the molecule is COc1cccc2nc(CNC3CC3)n(C)c12. The lowest BCUT2D eigenvalue weighted by atomic mass is 10.3. The summed E-state index contributed by atoms with van der Waals surface area (Å²) in [4.78, 5) is 4.64. The number of aromatic nitrogens is 2. The second kappa shape index (κ2) is 4.04. The summed E-state index contributed by atoms with van der Waals surface area (Å²) in [5.41, 5.74) is 2.07. The number of imidazole rings is 1. The zero-order valence-electron chi connectivity index (χ0n) is 10.2. The monoisotopic (exact) mass is 231 g/mol. The molecule has 1 aromatic carbocycles. The van der Waals surface area contributed by atoms with Crippen LogP contribution in [0, 0.1) is 0 Å². The molecule has 1 saturated carbocycles. The van der Waals surface area contributed by atoms with E-state index in [1.807, 2.05) is 25.2 Å². The van der Waals surface area contributed by atoms with Crippen molar-refractivity contribution in [1.82, 2.24) is 14.9 Å². The summed E-state index contributed by atoms with van der Waals surface area (Å²) in [5, 5.41) is 3.49. The molecule has 0 unspecified atom stereocenters. The van der Waals surface area contributed by atoms with Crippen LogP contribution in [0.2, 0.25) is 0 Å². The average molecular weight is 231 g/mol. The van der Waals surface area contributed by atoms with Crippen LogP contribution in [-0.4, -0.2) is 22.7 Å². The van der Waals surface area contributed by atoms with E-state index in [9.17, 15) is 0 Å². The number of hydrogen-bond acceptors (Lipinski definition) is 3. The normalized spacial score (nSPS) is 15.4. The lowest BCUT2D eigenvalue weighted by Crippen LogP contribution is -2.18. The maximum Gasteiger partial charge on any atom is 0.144 e. The largest absolute Gasteiger partial charge is 0.494 e. The Morgan fingerprint density at radius 2 is 2.29 bits per heavy atom. The topological polar surface area (TPSA) is 39.1 Å². The molecule has 4 heteroatoms. The highest BCUT2D eigenvalue weighted by Crippen LogP contribution is 2.26. The zero-order valence-corrected chi connectivity index (χ0v) is 10.2. The molecule has 1 aromatic heterocycles. The van der Waals surface area contributed by atoms with Gasteiger partial charge in [-0.25, -0.2) is 4.98 Å². The molecule has 17 heavy (non-hydrogen) atoms. The molecule has 0 amide bonds. The number of para-hydroxylation sites is 1. The van der Waals surface area contributed by atoms with E-state index < -0.39 is 0 Å². The fourth-order valence-corrected chi connectivity index (χ4v) is 2.13. The second-order valence-electron chi connectivity index (χ2n) is 4.57. The first-order valence-electron chi connectivity index (χ1n) is 6.01. The number of ether oxygens (including phenoxy) is 1. The van der Waals surface area contributed by atoms with Gasteiger partial charge in [0.25, 0.3) is 0 Å². The summed E-state index contributed by atoms with van der Waals surface area (Å²) in [7, 11) is 3.74. The summed E-state index contributed by atoms with van der Waals surface area (Å²) in [5.74, 6) is 1.95. The number of aryl methyl sites for hydroxylation is 1. The second-order valence-corrected chi connectivity index (χ2v) is 4.57. The van der Waals surface area contributed by atoms with Gasteiger partial charge in [0.2, 0.25) is 0 Å². The molecule has 0 atom stereocenters. The first-order chi connectivity index (χ1) is 8.29. The molecule has 1 N–H and O–H groups in total. The Kier molecular flexibility index (Phi) is 2.52. The summed E-state index contributed by atoms with van der Waals surface area (Å²) in [6.07, 6.45) is 2.60. The van der Waals surface area contributed by atoms with Gasteiger partial charge in [-0.2, -0.15) is 0 Å². The molecule has 1 heterocycles. The van der Waals surface area contributed by atoms with Crippen LogP contribution < -0.4 is 10.1 Å². The third-order valence-electron chi connectivity index (χ3n) is 3.30. The molecule has 1 fully saturated rings. The average Bonchev–Trinajstić information content (AvgIpc) is 3.12. The van der Waals surface area contributed by atoms with Crippen LogP contribution in [0.5, 0.6) is 5.75 Å². The van der Waals surface area contributed by atoms with Gasteiger partial charge in [0.1, 0.15) is 17.1 Å². The predicted octanol–water partition coefficient (Wildman–Crippen LogP) is 1.83. The molecule has 0 aliphatic heterocycles. The Hall–Kier alpha value is -1.55. The van der Waals surface area contributed by atoms with E-state index in [-0.39, 0.29) is 0 Å². The van der Waals surface area contributed by atoms with E-state index in [2.05, 4.69) is 14.9 Å². The van der Waals surface area contributed by atoms with Crippen LogP contribution in [0.3, 0.4) is 0 Å². The molecule has 0 radical (unpaired) electrons. The minimum atomic E-state index is 0.705. The van der Waals surface area contributed by atoms with E-state index in [0.717, 1.165) is 29.2 Å². The number of hydrogen-bond donors (Lipinski definition) is 1. The van der Waals surface area contributed by atoms with Crippen molar-refractivity contribution >= 4 is 11.0 Å². The van der Waals surface area contributed by atoms with E-state index in [0.29, 0.717) is 6.04 Å². The van der Waals surface area contributed by atoms with E-state index in [4.69, 9.17) is 4.74 Å². The molecule has 1 aliphatic carbocycles. The molecule has 0 spiro atoms. The number of nitrogens with one attached hydrogen (secondary N) is 1. The summed E-state index contributed by atoms with van der Waals surface area (Å²) < 4.78 is 7.49. The van der Waals surface area contributed by atoms with Crippen LogP contribution in [0.4, 0.5) is 0 Å². The number of methoxy groups -OCH3 is 1. The molecule has 90 valence electrons. The van der Waals surface area contributed by atoms with E-state index in [1.54, 1.807) is 7.11 Å². The molecule has 3 rings (SSSR count). The molecule has 4 nitrogen and oxygen atoms in total. The molecule has 0 saturated heterocycles. The maximum absolute atomic E-state index is 5.38. The van der Waals surface area contributed by atoms with Gasteiger partial charge in [0.15, 0.2) is 0 Å². The molecule has 2 aromatic rings. The highest BCUT2D eigenvalue weighted by atomic mass is 16.5. The number of nitrogens with zero attached hydrogens (tertiary/aromatic N) is 2. The number of benzene rings is 1. The minimum absolute atomic E-state index is 0.705. The summed E-state index contributed by atoms with van der Waals surface area (Å²) in [6.45, 7) is 0.832. The fourth-order valence-electron chi connectivity index (χ4n) is 2.13. The smallest absolute Gasteiger partial charge is 0.144 e. The molecule has 1 aliphatic rings. The first-order valence-corrected chi connectivity index (χ1v) is 6.01. The standard InChI is InChI=1S/C13H17N3O/c1-16-12(8-14-9-6-7-9)15-10-4-3-5-11(17-2)13(10)16/h3-5,9,14H,6-8H2,1-2H3. The fraction of sp³-hybridized carbons (Fsp3) is 0.462. The Morgan fingerprint density at radius 1 is 1.47 bits per heavy atom. The third-order valence-corrected chi connectivity index (χ3v) is 3.30. The number of rotatable bonds is 4. The molecule has 0 bridgehead atoms. The van der Waals surface area contributed by atoms with Crippen LogP contribution in [0.15, 0.2) is 18.2 Å². The third kappa shape index (κ3) is 1.89. The Bertz CT molecular complexity index is 543. The predicted molar refractivity (Wildman–Crippen MR) is 67.1 cm³/mol. The van der Waals surface area contributed by atoms with Crippen LogP contribution >= 0.6 is 0 Å². The highest BCUT2D eigenvalue weighted by Gasteiger charge is 2.21. The van der Waals surface area contributed by atoms with Crippen molar-refractivity contribution in [3.63, 3.8) is 0 Å². The molecular formula is C13H17N3O. The van der Waals surface area contributed by atoms with Gasteiger partial charge >= 0.3 is 0 Å². The Morgan fingerprint density at radius 3 is 3.00 bits per heavy atom. The Balaban J connectivity index is 1.98. The zero-order chi connectivity index (χ0) is 11.8. The van der Waals surface area contributed by atoms with Crippen molar-refractivity contribution in [1.29, 1.82) is 0 Å². The minimum Gasteiger partial charge on any atom is -0.494 e. The first kappa shape index (κ1) is 10.6. The van der Waals surface area contributed by atoms with Crippen molar-refractivity contribution in [3.05, 3.63) is 24.0 Å². The summed E-state index contributed by atoms with van der Waals surface area (Å²) >= 11 is 0. The van der Waals surface area contributed by atoms with Gasteiger partial charge in [-0.05, 0) is 25.0 Å². The van der Waals surface area contributed by atoms with Crippen molar-refractivity contribution in [2.45, 2.75) is 25.4 Å². The van der Waals surface area contributed by atoms with Gasteiger partial charge in [0, 0.05) is 13.1 Å². The Labute approximate surface area is 101 Å². The van der Waals surface area contributed by atoms with E-state index >= 15 is 0 Å². The molecular weight excluding hydrogens is 214 g/mol.